The van der Waals surface area contributed by atoms with Gasteiger partial charge in [-0.2, -0.15) is 0 Å². The summed E-state index contributed by atoms with van der Waals surface area (Å²) in [5.74, 6) is -0.0553. The number of benzene rings is 2. The first-order chi connectivity index (χ1) is 24.3. The minimum absolute atomic E-state index is 0.0496. The van der Waals surface area contributed by atoms with Crippen molar-refractivity contribution in [2.75, 3.05) is 45.2 Å². The van der Waals surface area contributed by atoms with E-state index in [1.807, 2.05) is 35.0 Å². The van der Waals surface area contributed by atoms with Gasteiger partial charge in [-0.1, -0.05) is 12.1 Å². The van der Waals surface area contributed by atoms with Crippen LogP contribution in [0.2, 0.25) is 0 Å². The highest BCUT2D eigenvalue weighted by atomic mass is 19.1. The van der Waals surface area contributed by atoms with E-state index in [4.69, 9.17) is 19.4 Å². The van der Waals surface area contributed by atoms with E-state index in [2.05, 4.69) is 15.3 Å². The maximum absolute atomic E-state index is 14.3. The van der Waals surface area contributed by atoms with E-state index < -0.39 is 11.7 Å². The summed E-state index contributed by atoms with van der Waals surface area (Å²) in [6, 6.07) is 15.1. The molecule has 0 spiro atoms. The lowest BCUT2D eigenvalue weighted by atomic mass is 9.89. The van der Waals surface area contributed by atoms with Gasteiger partial charge >= 0.3 is 0 Å². The van der Waals surface area contributed by atoms with Crippen LogP contribution in [0.15, 0.2) is 73.2 Å². The molecular weight excluding hydrogens is 647 g/mol. The summed E-state index contributed by atoms with van der Waals surface area (Å²) < 4.78 is 27.6. The van der Waals surface area contributed by atoms with E-state index in [9.17, 15) is 18.8 Å². The van der Waals surface area contributed by atoms with Gasteiger partial charge in [-0.15, -0.1) is 0 Å². The Morgan fingerprint density at radius 2 is 1.78 bits per heavy atom. The number of amides is 3. The highest BCUT2D eigenvalue weighted by molar-refractivity contribution is 6.01. The first-order valence-corrected chi connectivity index (χ1v) is 16.3. The van der Waals surface area contributed by atoms with Crippen LogP contribution in [0, 0.1) is 5.82 Å². The average Bonchev–Trinajstić information content (AvgIpc) is 3.60. The topological polar surface area (TPSA) is 156 Å². The number of rotatable bonds is 3. The molecule has 50 heavy (non-hydrogen) atoms. The summed E-state index contributed by atoms with van der Waals surface area (Å²) in [6.45, 7) is 2.26. The number of hydrogen-bond acceptors (Lipinski definition) is 8. The lowest BCUT2D eigenvalue weighted by molar-refractivity contribution is -0.135. The molecule has 2 bridgehead atoms. The summed E-state index contributed by atoms with van der Waals surface area (Å²) in [4.78, 5) is 60.9. The molecule has 1 atom stereocenters. The number of ether oxygens (including phenoxy) is 2. The molecule has 6 rings (SSSR count). The van der Waals surface area contributed by atoms with Crippen LogP contribution in [0.3, 0.4) is 0 Å². The Balaban J connectivity index is 0.00000156. The number of methoxy groups -OCH3 is 1. The number of nitrogens with zero attached hydrogens (tertiary/aromatic N) is 5. The molecule has 4 aromatic rings. The Hall–Kier alpha value is -5.79. The summed E-state index contributed by atoms with van der Waals surface area (Å²) in [7, 11) is 1.52. The average molecular weight is 687 g/mol. The second-order valence-corrected chi connectivity index (χ2v) is 11.7. The number of pyridine rings is 1. The zero-order valence-electron chi connectivity index (χ0n) is 27.7. The van der Waals surface area contributed by atoms with Crippen molar-refractivity contribution in [2.24, 2.45) is 0 Å². The van der Waals surface area contributed by atoms with Gasteiger partial charge in [0.2, 0.25) is 17.7 Å². The third-order valence-corrected chi connectivity index (χ3v) is 8.51. The van der Waals surface area contributed by atoms with Gasteiger partial charge in [0.1, 0.15) is 24.0 Å². The van der Waals surface area contributed by atoms with Crippen molar-refractivity contribution in [3.8, 4) is 23.0 Å². The van der Waals surface area contributed by atoms with Crippen LogP contribution in [-0.4, -0.2) is 93.5 Å². The van der Waals surface area contributed by atoms with Crippen LogP contribution in [0.25, 0.3) is 11.4 Å². The third-order valence-electron chi connectivity index (χ3n) is 8.51. The molecule has 13 nitrogen and oxygen atoms in total. The molecule has 4 heterocycles. The lowest BCUT2D eigenvalue weighted by Gasteiger charge is -2.31. The number of hydrogen-bond donors (Lipinski definition) is 2. The number of aryl methyl sites for hydroxylation is 1. The number of carboxylic acid groups (broad SMARTS) is 1. The highest BCUT2D eigenvalue weighted by Crippen LogP contribution is 2.34. The number of carbonyl (C=O) groups is 4. The number of halogens is 1. The Morgan fingerprint density at radius 3 is 2.54 bits per heavy atom. The van der Waals surface area contributed by atoms with E-state index in [1.54, 1.807) is 28.1 Å². The van der Waals surface area contributed by atoms with Crippen LogP contribution in [0.1, 0.15) is 47.5 Å². The van der Waals surface area contributed by atoms with Gasteiger partial charge in [0.15, 0.2) is 0 Å². The summed E-state index contributed by atoms with van der Waals surface area (Å²) in [6.07, 6.45) is 6.97. The Morgan fingerprint density at radius 1 is 1.00 bits per heavy atom. The van der Waals surface area contributed by atoms with Crippen LogP contribution in [-0.2, 0) is 20.9 Å². The lowest BCUT2D eigenvalue weighted by Crippen LogP contribution is -2.40. The minimum atomic E-state index is -0.784. The van der Waals surface area contributed by atoms with Crippen molar-refractivity contribution in [2.45, 2.75) is 38.1 Å². The minimum Gasteiger partial charge on any atom is -0.492 e. The molecule has 2 aliphatic rings. The first kappa shape index (κ1) is 35.5. The summed E-state index contributed by atoms with van der Waals surface area (Å²) >= 11 is 0. The monoisotopic (exact) mass is 686 g/mol. The van der Waals surface area contributed by atoms with E-state index in [1.165, 1.54) is 31.5 Å². The molecule has 0 saturated heterocycles. The smallest absolute Gasteiger partial charge is 0.290 e. The number of imidazole rings is 1. The molecule has 14 heteroatoms. The fourth-order valence-electron chi connectivity index (χ4n) is 6.12. The van der Waals surface area contributed by atoms with E-state index in [0.717, 1.165) is 11.4 Å². The Bertz CT molecular complexity index is 1800. The SMILES string of the molecule is COc1ccc(C(=O)N2CCCCN(C(=O)C3CC(=O)Nc4ccc(F)cc43)CCCn3ccnc3-c3cccc(c3)OCC2)cn1.O=CO. The van der Waals surface area contributed by atoms with E-state index in [-0.39, 0.29) is 37.2 Å². The zero-order chi connectivity index (χ0) is 35.5. The van der Waals surface area contributed by atoms with Crippen LogP contribution >= 0.6 is 0 Å². The van der Waals surface area contributed by atoms with Crippen LogP contribution in [0.5, 0.6) is 11.6 Å². The summed E-state index contributed by atoms with van der Waals surface area (Å²) in [5.41, 5.74) is 2.26. The maximum atomic E-state index is 14.3. The van der Waals surface area contributed by atoms with Crippen molar-refractivity contribution in [1.29, 1.82) is 0 Å². The molecule has 2 aromatic heterocycles. The normalized spacial score (nSPS) is 16.6. The number of aromatic nitrogens is 3. The summed E-state index contributed by atoms with van der Waals surface area (Å²) in [5, 5.41) is 9.65. The molecule has 262 valence electrons. The number of anilines is 1. The molecule has 0 saturated carbocycles. The van der Waals surface area contributed by atoms with Crippen molar-refractivity contribution in [3.05, 3.63) is 90.1 Å². The van der Waals surface area contributed by atoms with Crippen molar-refractivity contribution in [1.82, 2.24) is 24.3 Å². The predicted octanol–water partition coefficient (Wildman–Crippen LogP) is 4.45. The van der Waals surface area contributed by atoms with Crippen LogP contribution in [0.4, 0.5) is 10.1 Å². The second kappa shape index (κ2) is 17.0. The van der Waals surface area contributed by atoms with Crippen molar-refractivity contribution >= 4 is 29.9 Å². The number of fused-ring (bicyclic) bond motifs is 5. The molecule has 0 aliphatic carbocycles. The molecule has 3 amide bonds. The maximum Gasteiger partial charge on any atom is 0.290 e. The van der Waals surface area contributed by atoms with Crippen molar-refractivity contribution < 1.29 is 38.1 Å². The van der Waals surface area contributed by atoms with Crippen molar-refractivity contribution in [3.63, 3.8) is 0 Å². The van der Waals surface area contributed by atoms with Gasteiger partial charge < -0.3 is 34.3 Å². The van der Waals surface area contributed by atoms with Gasteiger partial charge in [0.05, 0.1) is 25.1 Å². The fraction of sp³-hybridized carbons (Fsp3) is 0.333. The zero-order valence-corrected chi connectivity index (χ0v) is 27.7. The van der Waals surface area contributed by atoms with E-state index >= 15 is 0 Å². The quantitative estimate of drug-likeness (QED) is 0.297. The number of nitrogens with one attached hydrogen (secondary N) is 1. The first-order valence-electron chi connectivity index (χ1n) is 16.3. The van der Waals surface area contributed by atoms with Crippen LogP contribution < -0.4 is 14.8 Å². The second-order valence-electron chi connectivity index (χ2n) is 11.7. The standard InChI is InChI=1S/C35H37FN6O5.CH2O2/c1-46-32-11-8-25(23-38-32)34(44)42-14-3-2-13-41(35(45)29-22-31(43)39-30-10-9-26(36)21-28(29)30)16-5-15-40-17-12-37-33(40)24-6-4-7-27(20-24)47-19-18-42;2-1-3/h4,6-12,17,20-21,23,29H,2-3,5,13-16,18-19,22H2,1H3,(H,39,43);1H,(H,2,3). The van der Waals surface area contributed by atoms with Gasteiger partial charge in [0, 0.05) is 68.5 Å². The van der Waals surface area contributed by atoms with Gasteiger partial charge in [0.25, 0.3) is 12.4 Å². The molecule has 2 aliphatic heterocycles. The Kier molecular flexibility index (Phi) is 12.1. The van der Waals surface area contributed by atoms with E-state index in [0.29, 0.717) is 80.4 Å². The molecule has 2 N–H and O–H groups in total. The Labute approximate surface area is 288 Å². The van der Waals surface area contributed by atoms with Gasteiger partial charge in [-0.3, -0.25) is 19.2 Å². The highest BCUT2D eigenvalue weighted by Gasteiger charge is 2.34. The largest absolute Gasteiger partial charge is 0.492 e. The molecule has 0 fully saturated rings. The fourth-order valence-corrected chi connectivity index (χ4v) is 6.12. The predicted molar refractivity (Wildman–Crippen MR) is 181 cm³/mol. The molecule has 2 aromatic carbocycles. The molecule has 0 radical (unpaired) electrons. The number of carbonyl (C=O) groups excluding carboxylic acids is 3. The van der Waals surface area contributed by atoms with Gasteiger partial charge in [-0.05, 0) is 61.2 Å². The third kappa shape index (κ3) is 8.81. The van der Waals surface area contributed by atoms with Gasteiger partial charge in [-0.25, -0.2) is 14.4 Å². The molecular formula is C36H39FN6O7. The molecule has 1 unspecified atom stereocenters.